The fourth-order valence-corrected chi connectivity index (χ4v) is 0.898. The summed E-state index contributed by atoms with van der Waals surface area (Å²) in [5, 5.41) is 0. The van der Waals surface area contributed by atoms with E-state index >= 15 is 0 Å². The highest BCUT2D eigenvalue weighted by atomic mass is 16.1. The quantitative estimate of drug-likeness (QED) is 0.459. The van der Waals surface area contributed by atoms with Crippen molar-refractivity contribution in [2.45, 2.75) is 19.3 Å². The normalized spacial score (nSPS) is 18.9. The highest BCUT2D eigenvalue weighted by molar-refractivity contribution is 6.78. The molecule has 46 valence electrons. The number of aliphatic imine (C=N–C) groups is 1. The molecule has 0 atom stereocenters. The summed E-state index contributed by atoms with van der Waals surface area (Å²) < 4.78 is 0. The third-order valence-electron chi connectivity index (χ3n) is 1.41. The lowest BCUT2D eigenvalue weighted by atomic mass is 9.93. The summed E-state index contributed by atoms with van der Waals surface area (Å²) in [7, 11) is 5.00. The van der Waals surface area contributed by atoms with Crippen molar-refractivity contribution in [2.24, 2.45) is 4.99 Å². The summed E-state index contributed by atoms with van der Waals surface area (Å²) >= 11 is 0. The molecule has 0 aliphatic carbocycles. The molecule has 0 N–H and O–H groups in total. The van der Waals surface area contributed by atoms with Crippen LogP contribution < -0.4 is 0 Å². The molecule has 0 bridgehead atoms. The van der Waals surface area contributed by atoms with Crippen LogP contribution in [0.1, 0.15) is 19.3 Å². The molecule has 0 amide bonds. The first-order valence-electron chi connectivity index (χ1n) is 3.14. The molecule has 0 aromatic rings. The lowest BCUT2D eigenvalue weighted by molar-refractivity contribution is -0.106. The van der Waals surface area contributed by atoms with E-state index < -0.39 is 0 Å². The standard InChI is InChI=1S/C6H8BNO/c7-6(9)5-3-1-2-4-8-5/h1-4H2. The van der Waals surface area contributed by atoms with E-state index in [1.807, 2.05) is 0 Å². The zero-order chi connectivity index (χ0) is 6.69. The Labute approximate surface area is 55.8 Å². The summed E-state index contributed by atoms with van der Waals surface area (Å²) in [5.74, 6) is 0. The van der Waals surface area contributed by atoms with Crippen LogP contribution in [-0.2, 0) is 4.79 Å². The maximum Gasteiger partial charge on any atom is 0.176 e. The molecule has 1 rings (SSSR count). The predicted molar refractivity (Wildman–Crippen MR) is 36.9 cm³/mol. The maximum absolute atomic E-state index is 10.4. The molecule has 1 aliphatic rings. The van der Waals surface area contributed by atoms with Crippen molar-refractivity contribution in [3.05, 3.63) is 0 Å². The van der Waals surface area contributed by atoms with Crippen LogP contribution in [0.3, 0.4) is 0 Å². The average molecular weight is 121 g/mol. The summed E-state index contributed by atoms with van der Waals surface area (Å²) in [5.41, 5.74) is 0.218. The third-order valence-corrected chi connectivity index (χ3v) is 1.41. The van der Waals surface area contributed by atoms with E-state index in [1.54, 1.807) is 0 Å². The van der Waals surface area contributed by atoms with Crippen molar-refractivity contribution < 1.29 is 4.79 Å². The molecule has 0 aromatic heterocycles. The number of rotatable bonds is 1. The van der Waals surface area contributed by atoms with Crippen molar-refractivity contribution in [3.63, 3.8) is 0 Å². The van der Waals surface area contributed by atoms with Gasteiger partial charge in [-0.2, -0.15) is 0 Å². The topological polar surface area (TPSA) is 29.4 Å². The highest BCUT2D eigenvalue weighted by Gasteiger charge is 2.07. The Bertz CT molecular complexity index is 153. The number of hydrogen-bond donors (Lipinski definition) is 0. The second-order valence-corrected chi connectivity index (χ2v) is 2.15. The SMILES string of the molecule is [B]C(=O)C1=NCCCC1. The first-order chi connectivity index (χ1) is 4.30. The van der Waals surface area contributed by atoms with Crippen LogP contribution in [0.25, 0.3) is 0 Å². The van der Waals surface area contributed by atoms with Crippen LogP contribution in [0.4, 0.5) is 0 Å². The number of carbonyl (C=O) groups is 1. The van der Waals surface area contributed by atoms with E-state index in [1.165, 1.54) is 0 Å². The van der Waals surface area contributed by atoms with Crippen LogP contribution in [0.2, 0.25) is 0 Å². The Morgan fingerprint density at radius 2 is 2.33 bits per heavy atom. The summed E-state index contributed by atoms with van der Waals surface area (Å²) in [6.45, 7) is 0.776. The van der Waals surface area contributed by atoms with Gasteiger partial charge in [0.15, 0.2) is 7.85 Å². The van der Waals surface area contributed by atoms with E-state index in [4.69, 9.17) is 7.85 Å². The van der Waals surface area contributed by atoms with Crippen LogP contribution >= 0.6 is 0 Å². The lowest BCUT2D eigenvalue weighted by Gasteiger charge is -2.07. The van der Waals surface area contributed by atoms with E-state index in [0.29, 0.717) is 5.71 Å². The van der Waals surface area contributed by atoms with E-state index in [2.05, 4.69) is 4.99 Å². The monoisotopic (exact) mass is 121 g/mol. The summed E-state index contributed by atoms with van der Waals surface area (Å²) in [6, 6.07) is 0. The molecule has 1 heterocycles. The Balaban J connectivity index is 2.57. The zero-order valence-electron chi connectivity index (χ0n) is 5.26. The third kappa shape index (κ3) is 1.66. The first kappa shape index (κ1) is 6.52. The van der Waals surface area contributed by atoms with E-state index in [0.717, 1.165) is 25.8 Å². The molecule has 0 unspecified atom stereocenters. The van der Waals surface area contributed by atoms with Crippen molar-refractivity contribution in [2.75, 3.05) is 6.54 Å². The van der Waals surface area contributed by atoms with Crippen LogP contribution in [0.15, 0.2) is 4.99 Å². The highest BCUT2D eigenvalue weighted by Crippen LogP contribution is 2.05. The van der Waals surface area contributed by atoms with Gasteiger partial charge in [0.25, 0.3) is 0 Å². The molecule has 0 spiro atoms. The van der Waals surface area contributed by atoms with Gasteiger partial charge in [0.2, 0.25) is 0 Å². The Morgan fingerprint density at radius 1 is 1.56 bits per heavy atom. The van der Waals surface area contributed by atoms with E-state index in [9.17, 15) is 4.79 Å². The number of hydrogen-bond acceptors (Lipinski definition) is 2. The summed E-state index contributed by atoms with van der Waals surface area (Å²) in [4.78, 5) is 14.4. The van der Waals surface area contributed by atoms with Crippen LogP contribution in [0.5, 0.6) is 0 Å². The Morgan fingerprint density at radius 3 is 2.67 bits per heavy atom. The van der Waals surface area contributed by atoms with Crippen molar-refractivity contribution >= 4 is 19.2 Å². The van der Waals surface area contributed by atoms with Gasteiger partial charge in [-0.25, -0.2) is 0 Å². The maximum atomic E-state index is 10.4. The molecular formula is C6H8BNO. The minimum atomic E-state index is -0.352. The van der Waals surface area contributed by atoms with Crippen molar-refractivity contribution in [1.29, 1.82) is 0 Å². The van der Waals surface area contributed by atoms with Crippen LogP contribution in [-0.4, -0.2) is 25.8 Å². The van der Waals surface area contributed by atoms with Crippen molar-refractivity contribution in [1.82, 2.24) is 0 Å². The minimum absolute atomic E-state index is 0.352. The second kappa shape index (κ2) is 2.81. The predicted octanol–water partition coefficient (Wildman–Crippen LogP) is 0.306. The molecule has 1 aliphatic heterocycles. The fourth-order valence-electron chi connectivity index (χ4n) is 0.898. The average Bonchev–Trinajstić information content (AvgIpc) is 1.90. The van der Waals surface area contributed by atoms with Gasteiger partial charge in [-0.15, -0.1) is 0 Å². The van der Waals surface area contributed by atoms with Gasteiger partial charge >= 0.3 is 0 Å². The molecule has 0 saturated carbocycles. The fraction of sp³-hybridized carbons (Fsp3) is 0.667. The van der Waals surface area contributed by atoms with Gasteiger partial charge in [0.05, 0.1) is 5.71 Å². The Kier molecular flexibility index (Phi) is 2.03. The summed E-state index contributed by atoms with van der Waals surface area (Å²) in [6.07, 6.45) is 2.92. The molecule has 0 saturated heterocycles. The second-order valence-electron chi connectivity index (χ2n) is 2.15. The minimum Gasteiger partial charge on any atom is -0.306 e. The lowest BCUT2D eigenvalue weighted by Crippen LogP contribution is -2.17. The van der Waals surface area contributed by atoms with Gasteiger partial charge in [0.1, 0.15) is 5.68 Å². The molecule has 2 radical (unpaired) electrons. The number of carbonyl (C=O) groups excluding carboxylic acids is 1. The van der Waals surface area contributed by atoms with Crippen LogP contribution in [0, 0.1) is 0 Å². The smallest absolute Gasteiger partial charge is 0.176 e. The van der Waals surface area contributed by atoms with Gasteiger partial charge in [0, 0.05) is 6.54 Å². The molecule has 0 aromatic carbocycles. The largest absolute Gasteiger partial charge is 0.306 e. The molecule has 0 fully saturated rings. The van der Waals surface area contributed by atoms with Gasteiger partial charge < -0.3 is 4.79 Å². The van der Waals surface area contributed by atoms with Crippen molar-refractivity contribution in [3.8, 4) is 0 Å². The Hall–Kier alpha value is -0.595. The van der Waals surface area contributed by atoms with E-state index in [-0.39, 0.29) is 5.68 Å². The molecular weight excluding hydrogens is 113 g/mol. The van der Waals surface area contributed by atoms with Gasteiger partial charge in [-0.3, -0.25) is 4.99 Å². The van der Waals surface area contributed by atoms with Gasteiger partial charge in [-0.05, 0) is 19.3 Å². The zero-order valence-corrected chi connectivity index (χ0v) is 5.26. The number of nitrogens with zero attached hydrogens (tertiary/aromatic N) is 1. The van der Waals surface area contributed by atoms with Gasteiger partial charge in [-0.1, -0.05) is 0 Å². The molecule has 3 heteroatoms. The molecule has 2 nitrogen and oxygen atoms in total. The first-order valence-corrected chi connectivity index (χ1v) is 3.14. The molecule has 9 heavy (non-hydrogen) atoms.